The van der Waals surface area contributed by atoms with E-state index in [1.807, 2.05) is 4.14 Å². The average molecular weight is 190 g/mol. The molecule has 0 saturated carbocycles. The van der Waals surface area contributed by atoms with E-state index in [0.717, 1.165) is 7.69 Å². The van der Waals surface area contributed by atoms with Gasteiger partial charge in [-0.15, -0.1) is 0 Å². The summed E-state index contributed by atoms with van der Waals surface area (Å²) in [5.41, 5.74) is 0. The maximum atomic E-state index is 12.5. The van der Waals surface area contributed by atoms with Crippen LogP contribution >= 0.6 is 0 Å². The molecule has 0 aliphatic carbocycles. The van der Waals surface area contributed by atoms with Gasteiger partial charge >= 0.3 is 7.69 Å². The van der Waals surface area contributed by atoms with Crippen LogP contribution in [0.3, 0.4) is 0 Å². The van der Waals surface area contributed by atoms with Crippen LogP contribution in [0, 0.1) is 0 Å². The largest absolute Gasteiger partial charge is 0.440 e. The lowest BCUT2D eigenvalue weighted by Crippen LogP contribution is -2.59. The lowest BCUT2D eigenvalue weighted by atomic mass is 10.4. The van der Waals surface area contributed by atoms with E-state index in [9.17, 15) is 4.32 Å². The zero-order chi connectivity index (χ0) is 9.28. The molecule has 0 aliphatic heterocycles. The smallest absolute Gasteiger partial charge is 0.361 e. The molecule has 0 aromatic rings. The minimum atomic E-state index is -1.46. The van der Waals surface area contributed by atoms with Gasteiger partial charge in [0.05, 0.1) is 0 Å². The highest BCUT2D eigenvalue weighted by atomic mass is 28.4. The van der Waals surface area contributed by atoms with Crippen molar-refractivity contribution in [1.29, 1.82) is 0 Å². The number of halogens is 1. The third-order valence-corrected chi connectivity index (χ3v) is 8.65. The third-order valence-electron chi connectivity index (χ3n) is 1.54. The van der Waals surface area contributed by atoms with Gasteiger partial charge in [-0.3, -0.25) is 0 Å². The topological polar surface area (TPSA) is 3.24 Å². The lowest BCUT2D eigenvalue weighted by molar-refractivity contribution is 0.769. The fourth-order valence-electron chi connectivity index (χ4n) is 1.30. The summed E-state index contributed by atoms with van der Waals surface area (Å²) in [5, 5.41) is 0. The molecule has 0 aromatic carbocycles. The van der Waals surface area contributed by atoms with E-state index in [4.69, 9.17) is 0 Å². The van der Waals surface area contributed by atoms with Gasteiger partial charge in [0.25, 0.3) is 0 Å². The first kappa shape index (κ1) is 11.4. The van der Waals surface area contributed by atoms with Gasteiger partial charge in [-0.1, -0.05) is 39.3 Å². The quantitative estimate of drug-likeness (QED) is 0.618. The molecule has 11 heavy (non-hydrogen) atoms. The van der Waals surface area contributed by atoms with Crippen LogP contribution in [0.25, 0.3) is 0 Å². The third kappa shape index (κ3) is 3.53. The SMILES string of the molecule is C[Si](C)(C)N([B]F)[Si](C)(C)C. The van der Waals surface area contributed by atoms with E-state index in [0.29, 0.717) is 0 Å². The van der Waals surface area contributed by atoms with Crippen LogP contribution in [0.15, 0.2) is 0 Å². The van der Waals surface area contributed by atoms with Gasteiger partial charge in [-0.2, -0.15) is 0 Å². The molecule has 0 aliphatic rings. The molecule has 5 heteroatoms. The molecule has 0 aromatic heterocycles. The van der Waals surface area contributed by atoms with E-state index in [-0.39, 0.29) is 0 Å². The van der Waals surface area contributed by atoms with Crippen molar-refractivity contribution in [3.63, 3.8) is 0 Å². The number of rotatable bonds is 3. The van der Waals surface area contributed by atoms with Gasteiger partial charge in [0, 0.05) is 0 Å². The van der Waals surface area contributed by atoms with Gasteiger partial charge < -0.3 is 8.46 Å². The Morgan fingerprint density at radius 1 is 0.909 bits per heavy atom. The zero-order valence-electron chi connectivity index (χ0n) is 8.40. The molecule has 0 amide bonds. The Morgan fingerprint density at radius 2 is 1.18 bits per heavy atom. The van der Waals surface area contributed by atoms with Crippen LogP contribution in [0.5, 0.6) is 0 Å². The molecular weight excluding hydrogens is 172 g/mol. The van der Waals surface area contributed by atoms with Crippen LogP contribution in [0.1, 0.15) is 0 Å². The van der Waals surface area contributed by atoms with Crippen LogP contribution in [-0.4, -0.2) is 28.3 Å². The van der Waals surface area contributed by atoms with Crippen LogP contribution in [0.2, 0.25) is 39.3 Å². The van der Waals surface area contributed by atoms with Crippen LogP contribution < -0.4 is 0 Å². The van der Waals surface area contributed by atoms with Crippen molar-refractivity contribution < 1.29 is 4.32 Å². The molecular formula is C6H18BFNSi2. The second kappa shape index (κ2) is 3.41. The minimum Gasteiger partial charge on any atom is -0.361 e. The van der Waals surface area contributed by atoms with Gasteiger partial charge in [-0.25, -0.2) is 0 Å². The Bertz CT molecular complexity index is 116. The highest BCUT2D eigenvalue weighted by Crippen LogP contribution is 2.17. The highest BCUT2D eigenvalue weighted by molar-refractivity contribution is 6.95. The molecule has 0 bridgehead atoms. The summed E-state index contributed by atoms with van der Waals surface area (Å²) >= 11 is 0. The standard InChI is InChI=1S/C6H18BFNSi2/c1-10(2,3)9(7-8)11(4,5)6/h1-6H3. The summed E-state index contributed by atoms with van der Waals surface area (Å²) in [6.45, 7) is 13.0. The number of hydrogen-bond donors (Lipinski definition) is 0. The monoisotopic (exact) mass is 190 g/mol. The Morgan fingerprint density at radius 3 is 1.18 bits per heavy atom. The zero-order valence-corrected chi connectivity index (χ0v) is 10.4. The van der Waals surface area contributed by atoms with Crippen molar-refractivity contribution in [3.8, 4) is 0 Å². The molecule has 0 saturated heterocycles. The maximum Gasteiger partial charge on any atom is 0.440 e. The second-order valence-electron chi connectivity index (χ2n) is 4.81. The highest BCUT2D eigenvalue weighted by Gasteiger charge is 2.34. The summed E-state index contributed by atoms with van der Waals surface area (Å²) in [6, 6.07) is 0. The predicted molar refractivity (Wildman–Crippen MR) is 55.4 cm³/mol. The van der Waals surface area contributed by atoms with Gasteiger partial charge in [0.2, 0.25) is 0 Å². The lowest BCUT2D eigenvalue weighted by Gasteiger charge is -2.40. The van der Waals surface area contributed by atoms with E-state index < -0.39 is 16.5 Å². The van der Waals surface area contributed by atoms with E-state index >= 15 is 0 Å². The van der Waals surface area contributed by atoms with Crippen molar-refractivity contribution in [3.05, 3.63) is 0 Å². The van der Waals surface area contributed by atoms with Gasteiger partial charge in [0.1, 0.15) is 16.5 Å². The summed E-state index contributed by atoms with van der Waals surface area (Å²) in [4.78, 5) is 0. The van der Waals surface area contributed by atoms with Crippen LogP contribution in [0.4, 0.5) is 4.32 Å². The summed E-state index contributed by atoms with van der Waals surface area (Å²) in [5.74, 6) is 0. The number of nitrogens with zero attached hydrogens (tertiary/aromatic N) is 1. The minimum absolute atomic E-state index is 0.790. The maximum absolute atomic E-state index is 12.5. The summed E-state index contributed by atoms with van der Waals surface area (Å²) < 4.78 is 14.5. The molecule has 0 unspecified atom stereocenters. The Kier molecular flexibility index (Phi) is 3.53. The molecule has 0 heterocycles. The molecule has 1 nitrogen and oxygen atoms in total. The average Bonchev–Trinajstić information content (AvgIpc) is 1.56. The van der Waals surface area contributed by atoms with E-state index in [1.165, 1.54) is 0 Å². The first-order valence-corrected chi connectivity index (χ1v) is 10.8. The summed E-state index contributed by atoms with van der Waals surface area (Å²) in [7, 11) is -2.12. The van der Waals surface area contributed by atoms with Crippen molar-refractivity contribution in [2.75, 3.05) is 0 Å². The molecule has 65 valence electrons. The second-order valence-corrected chi connectivity index (χ2v) is 14.9. The summed E-state index contributed by atoms with van der Waals surface area (Å²) in [6.07, 6.45) is 0. The van der Waals surface area contributed by atoms with Crippen LogP contribution in [-0.2, 0) is 0 Å². The molecule has 0 fully saturated rings. The number of hydrogen-bond acceptors (Lipinski definition) is 1. The van der Waals surface area contributed by atoms with Crippen molar-refractivity contribution in [2.24, 2.45) is 0 Å². The first-order chi connectivity index (χ1) is 4.69. The fraction of sp³-hybridized carbons (Fsp3) is 1.00. The normalized spacial score (nSPS) is 13.8. The van der Waals surface area contributed by atoms with Crippen molar-refractivity contribution in [2.45, 2.75) is 39.3 Å². The molecule has 0 N–H and O–H groups in total. The molecule has 0 atom stereocenters. The molecule has 0 spiro atoms. The fourth-order valence-corrected chi connectivity index (χ4v) is 9.93. The Labute approximate surface area is 72.5 Å². The molecule has 0 rings (SSSR count). The van der Waals surface area contributed by atoms with E-state index in [2.05, 4.69) is 39.3 Å². The van der Waals surface area contributed by atoms with E-state index in [1.54, 1.807) is 0 Å². The Balaban J connectivity index is 4.43. The predicted octanol–water partition coefficient (Wildman–Crippen LogP) is 2.46. The van der Waals surface area contributed by atoms with Crippen molar-refractivity contribution in [1.82, 2.24) is 4.14 Å². The van der Waals surface area contributed by atoms with Crippen molar-refractivity contribution >= 4 is 24.2 Å². The van der Waals surface area contributed by atoms with Gasteiger partial charge in [0.15, 0.2) is 0 Å². The first-order valence-electron chi connectivity index (χ1n) is 3.92. The Hall–Kier alpha value is 0.389. The van der Waals surface area contributed by atoms with Gasteiger partial charge in [-0.05, 0) is 0 Å². The molecule has 1 radical (unpaired) electrons.